The lowest BCUT2D eigenvalue weighted by Crippen LogP contribution is -2.20. The highest BCUT2D eigenvalue weighted by Gasteiger charge is 2.30. The van der Waals surface area contributed by atoms with Crippen LogP contribution in [0.2, 0.25) is 0 Å². The summed E-state index contributed by atoms with van der Waals surface area (Å²) >= 11 is 0. The molecule has 2 rings (SSSR count). The number of likely N-dealkylation sites (N-methyl/N-ethyl adjacent to an activating group) is 1. The molecule has 0 aliphatic carbocycles. The van der Waals surface area contributed by atoms with Crippen molar-refractivity contribution < 1.29 is 13.2 Å². The fourth-order valence-corrected chi connectivity index (χ4v) is 2.10. The van der Waals surface area contributed by atoms with Crippen LogP contribution in [0.4, 0.5) is 13.2 Å². The molecule has 0 spiro atoms. The molecule has 0 aliphatic rings. The lowest BCUT2D eigenvalue weighted by atomic mass is 10.00. The summed E-state index contributed by atoms with van der Waals surface area (Å²) < 4.78 is 39.9. The Morgan fingerprint density at radius 1 is 1.30 bits per heavy atom. The second-order valence-electron chi connectivity index (χ2n) is 4.65. The van der Waals surface area contributed by atoms with E-state index in [1.807, 2.05) is 19.3 Å². The highest BCUT2D eigenvalue weighted by molar-refractivity contribution is 5.28. The number of halogens is 3. The molecular weight excluding hydrogens is 267 g/mol. The maximum absolute atomic E-state index is 12.7. The van der Waals surface area contributed by atoms with E-state index in [-0.39, 0.29) is 6.04 Å². The van der Waals surface area contributed by atoms with E-state index >= 15 is 0 Å². The van der Waals surface area contributed by atoms with Gasteiger partial charge in [-0.1, -0.05) is 12.1 Å². The molecule has 1 N–H and O–H groups in total. The van der Waals surface area contributed by atoms with Crippen molar-refractivity contribution in [2.45, 2.75) is 18.6 Å². The van der Waals surface area contributed by atoms with Gasteiger partial charge in [0.15, 0.2) is 0 Å². The number of alkyl halides is 3. The summed E-state index contributed by atoms with van der Waals surface area (Å²) in [5.74, 6) is 0. The first kappa shape index (κ1) is 14.6. The lowest BCUT2D eigenvalue weighted by molar-refractivity contribution is -0.137. The molecule has 3 nitrogen and oxygen atoms in total. The number of benzene rings is 1. The van der Waals surface area contributed by atoms with Crippen molar-refractivity contribution in [3.05, 3.63) is 53.3 Å². The Hall–Kier alpha value is -1.82. The monoisotopic (exact) mass is 283 g/mol. The average Bonchev–Trinajstić information content (AvgIpc) is 2.81. The van der Waals surface area contributed by atoms with Crippen LogP contribution in [0.3, 0.4) is 0 Å². The summed E-state index contributed by atoms with van der Waals surface area (Å²) in [6.45, 7) is 0. The van der Waals surface area contributed by atoms with Crippen LogP contribution < -0.4 is 5.32 Å². The van der Waals surface area contributed by atoms with Crippen LogP contribution in [-0.4, -0.2) is 16.8 Å². The molecule has 0 bridgehead atoms. The van der Waals surface area contributed by atoms with Gasteiger partial charge in [-0.15, -0.1) is 0 Å². The van der Waals surface area contributed by atoms with E-state index in [1.165, 1.54) is 12.1 Å². The third-order valence-corrected chi connectivity index (χ3v) is 3.15. The number of rotatable bonds is 4. The van der Waals surface area contributed by atoms with Crippen LogP contribution in [0.1, 0.15) is 22.9 Å². The van der Waals surface area contributed by atoms with Gasteiger partial charge in [-0.05, 0) is 30.8 Å². The lowest BCUT2D eigenvalue weighted by Gasteiger charge is -2.17. The van der Waals surface area contributed by atoms with Gasteiger partial charge in [-0.3, -0.25) is 4.68 Å². The number of nitrogens with zero attached hydrogens (tertiary/aromatic N) is 2. The summed E-state index contributed by atoms with van der Waals surface area (Å²) in [7, 11) is 3.54. The van der Waals surface area contributed by atoms with E-state index in [0.717, 1.165) is 11.8 Å². The van der Waals surface area contributed by atoms with Gasteiger partial charge in [-0.25, -0.2) is 0 Å². The highest BCUT2D eigenvalue weighted by Crippen LogP contribution is 2.31. The zero-order valence-corrected chi connectivity index (χ0v) is 11.3. The summed E-state index contributed by atoms with van der Waals surface area (Å²) in [6, 6.07) is 7.05. The van der Waals surface area contributed by atoms with Gasteiger partial charge in [0.25, 0.3) is 0 Å². The zero-order valence-electron chi connectivity index (χ0n) is 11.3. The molecule has 1 aromatic heterocycles. The van der Waals surface area contributed by atoms with Crippen molar-refractivity contribution in [2.24, 2.45) is 7.05 Å². The minimum atomic E-state index is -4.32. The smallest absolute Gasteiger partial charge is 0.313 e. The Bertz CT molecular complexity index is 575. The Labute approximate surface area is 115 Å². The molecule has 20 heavy (non-hydrogen) atoms. The minimum absolute atomic E-state index is 0.202. The first-order valence-electron chi connectivity index (χ1n) is 6.23. The van der Waals surface area contributed by atoms with E-state index < -0.39 is 11.7 Å². The average molecular weight is 283 g/mol. The van der Waals surface area contributed by atoms with Gasteiger partial charge >= 0.3 is 6.18 Å². The fourth-order valence-electron chi connectivity index (χ4n) is 2.10. The summed E-state index contributed by atoms with van der Waals surface area (Å²) in [6.07, 6.45) is -1.97. The van der Waals surface area contributed by atoms with Crippen molar-refractivity contribution in [3.63, 3.8) is 0 Å². The molecular formula is C14H16F3N3. The second-order valence-corrected chi connectivity index (χ2v) is 4.65. The van der Waals surface area contributed by atoms with Crippen molar-refractivity contribution in [3.8, 4) is 0 Å². The first-order chi connectivity index (χ1) is 9.40. The highest BCUT2D eigenvalue weighted by atomic mass is 19.4. The molecule has 0 aliphatic heterocycles. The SMILES string of the molecule is CNC(Cc1ccn(C)n1)c1cccc(C(F)(F)F)c1. The molecule has 0 saturated carbocycles. The molecule has 0 saturated heterocycles. The maximum atomic E-state index is 12.7. The Morgan fingerprint density at radius 2 is 2.05 bits per heavy atom. The van der Waals surface area contributed by atoms with Crippen LogP contribution in [-0.2, 0) is 19.6 Å². The summed E-state index contributed by atoms with van der Waals surface area (Å²) in [5, 5.41) is 7.29. The molecule has 1 atom stereocenters. The number of nitrogens with one attached hydrogen (secondary N) is 1. The van der Waals surface area contributed by atoms with Gasteiger partial charge in [0.05, 0.1) is 11.3 Å². The van der Waals surface area contributed by atoms with Gasteiger partial charge in [0, 0.05) is 25.7 Å². The van der Waals surface area contributed by atoms with Gasteiger partial charge in [-0.2, -0.15) is 18.3 Å². The first-order valence-corrected chi connectivity index (χ1v) is 6.23. The molecule has 1 unspecified atom stereocenters. The van der Waals surface area contributed by atoms with Crippen molar-refractivity contribution >= 4 is 0 Å². The quantitative estimate of drug-likeness (QED) is 0.935. The number of aromatic nitrogens is 2. The standard InChI is InChI=1S/C14H16F3N3/c1-18-13(9-12-6-7-20(2)19-12)10-4-3-5-11(8-10)14(15,16)17/h3-8,13,18H,9H2,1-2H3. The van der Waals surface area contributed by atoms with Crippen molar-refractivity contribution in [1.29, 1.82) is 0 Å². The second kappa shape index (κ2) is 5.66. The molecule has 0 fully saturated rings. The van der Waals surface area contributed by atoms with E-state index in [4.69, 9.17) is 0 Å². The van der Waals surface area contributed by atoms with Crippen LogP contribution in [0.25, 0.3) is 0 Å². The van der Waals surface area contributed by atoms with Gasteiger partial charge in [0.2, 0.25) is 0 Å². The summed E-state index contributed by atoms with van der Waals surface area (Å²) in [5.41, 5.74) is 0.813. The predicted octanol–water partition coefficient (Wildman–Crippen LogP) is 2.94. The van der Waals surface area contributed by atoms with Gasteiger partial charge in [0.1, 0.15) is 0 Å². The summed E-state index contributed by atoms with van der Waals surface area (Å²) in [4.78, 5) is 0. The third-order valence-electron chi connectivity index (χ3n) is 3.15. The number of aryl methyl sites for hydroxylation is 1. The molecule has 2 aromatic rings. The van der Waals surface area contributed by atoms with Crippen molar-refractivity contribution in [2.75, 3.05) is 7.05 Å². The van der Waals surface area contributed by atoms with E-state index in [2.05, 4.69) is 10.4 Å². The Balaban J connectivity index is 2.23. The molecule has 108 valence electrons. The largest absolute Gasteiger partial charge is 0.416 e. The van der Waals surface area contributed by atoms with Crippen LogP contribution in [0, 0.1) is 0 Å². The predicted molar refractivity (Wildman–Crippen MR) is 70.2 cm³/mol. The normalized spacial score (nSPS) is 13.4. The molecule has 1 aromatic carbocycles. The van der Waals surface area contributed by atoms with E-state index in [9.17, 15) is 13.2 Å². The Kier molecular flexibility index (Phi) is 4.13. The molecule has 1 heterocycles. The van der Waals surface area contributed by atoms with E-state index in [1.54, 1.807) is 17.8 Å². The topological polar surface area (TPSA) is 29.9 Å². The van der Waals surface area contributed by atoms with E-state index in [0.29, 0.717) is 12.0 Å². The number of hydrogen-bond acceptors (Lipinski definition) is 2. The molecule has 0 radical (unpaired) electrons. The number of hydrogen-bond donors (Lipinski definition) is 1. The van der Waals surface area contributed by atoms with Crippen LogP contribution >= 0.6 is 0 Å². The molecule has 6 heteroatoms. The third kappa shape index (κ3) is 3.39. The Morgan fingerprint density at radius 3 is 2.60 bits per heavy atom. The zero-order chi connectivity index (χ0) is 14.8. The maximum Gasteiger partial charge on any atom is 0.416 e. The van der Waals surface area contributed by atoms with Crippen LogP contribution in [0.15, 0.2) is 36.5 Å². The fraction of sp³-hybridized carbons (Fsp3) is 0.357. The molecule has 0 amide bonds. The van der Waals surface area contributed by atoms with Gasteiger partial charge < -0.3 is 5.32 Å². The van der Waals surface area contributed by atoms with Crippen LogP contribution in [0.5, 0.6) is 0 Å². The minimum Gasteiger partial charge on any atom is -0.313 e. The van der Waals surface area contributed by atoms with Crippen molar-refractivity contribution in [1.82, 2.24) is 15.1 Å².